The van der Waals surface area contributed by atoms with Gasteiger partial charge in [0, 0.05) is 30.8 Å². The zero-order chi connectivity index (χ0) is 22.6. The molecule has 0 amide bonds. The monoisotopic (exact) mass is 453 g/mol. The van der Waals surface area contributed by atoms with Gasteiger partial charge in [-0.15, -0.1) is 0 Å². The third-order valence-corrected chi connectivity index (χ3v) is 6.09. The molecular weight excluding hydrogens is 433 g/mol. The van der Waals surface area contributed by atoms with E-state index >= 15 is 0 Å². The van der Waals surface area contributed by atoms with Gasteiger partial charge in [-0.3, -0.25) is 13.9 Å². The van der Waals surface area contributed by atoms with Gasteiger partial charge in [-0.05, 0) is 47.9 Å². The Balaban J connectivity index is 1.70. The summed E-state index contributed by atoms with van der Waals surface area (Å²) in [6.07, 6.45) is 0. The van der Waals surface area contributed by atoms with Crippen molar-refractivity contribution in [1.29, 1.82) is 0 Å². The summed E-state index contributed by atoms with van der Waals surface area (Å²) < 4.78 is 17.7. The van der Waals surface area contributed by atoms with Crippen LogP contribution < -0.4 is 16.1 Å². The summed E-state index contributed by atoms with van der Waals surface area (Å²) in [5.74, 6) is 0.496. The number of nitrogens with zero attached hydrogens (tertiary/aromatic N) is 5. The molecule has 3 heterocycles. The average Bonchev–Trinajstić information content (AvgIpc) is 3.16. The molecule has 0 bridgehead atoms. The van der Waals surface area contributed by atoms with E-state index in [1.54, 1.807) is 19.2 Å². The number of fused-ring (bicyclic) bond motifs is 3. The van der Waals surface area contributed by atoms with Crippen molar-refractivity contribution in [2.45, 2.75) is 20.0 Å². The maximum atomic E-state index is 13.5. The first-order valence-electron chi connectivity index (χ1n) is 10.3. The summed E-state index contributed by atoms with van der Waals surface area (Å²) in [5, 5.41) is 0.637. The lowest BCUT2D eigenvalue weighted by molar-refractivity contribution is 0.458. The highest BCUT2D eigenvalue weighted by atomic mass is 35.5. The summed E-state index contributed by atoms with van der Waals surface area (Å²) in [6.45, 7) is 3.50. The lowest BCUT2D eigenvalue weighted by atomic mass is 10.1. The van der Waals surface area contributed by atoms with Gasteiger partial charge in [0.25, 0.3) is 5.56 Å². The fourth-order valence-corrected chi connectivity index (χ4v) is 4.38. The summed E-state index contributed by atoms with van der Waals surface area (Å²) in [6, 6.07) is 13.2. The van der Waals surface area contributed by atoms with Crippen LogP contribution in [-0.4, -0.2) is 25.2 Å². The predicted octanol–water partition coefficient (Wildman–Crippen LogP) is 3.53. The molecule has 164 valence electrons. The van der Waals surface area contributed by atoms with Gasteiger partial charge in [0.15, 0.2) is 11.2 Å². The van der Waals surface area contributed by atoms with Gasteiger partial charge < -0.3 is 9.47 Å². The Morgan fingerprint density at radius 1 is 1.06 bits per heavy atom. The highest BCUT2D eigenvalue weighted by Crippen LogP contribution is 2.33. The van der Waals surface area contributed by atoms with Crippen LogP contribution in [0.3, 0.4) is 0 Å². The van der Waals surface area contributed by atoms with Crippen LogP contribution in [0.15, 0.2) is 58.1 Å². The summed E-state index contributed by atoms with van der Waals surface area (Å²) in [7, 11) is 1.61. The molecule has 4 aromatic rings. The van der Waals surface area contributed by atoms with Crippen LogP contribution in [0.25, 0.3) is 11.2 Å². The van der Waals surface area contributed by atoms with E-state index in [-0.39, 0.29) is 18.3 Å². The van der Waals surface area contributed by atoms with Crippen LogP contribution >= 0.6 is 11.6 Å². The number of halogens is 2. The molecule has 1 aliphatic rings. The number of benzene rings is 2. The Bertz CT molecular complexity index is 1440. The Labute approximate surface area is 187 Å². The molecule has 2 aromatic heterocycles. The van der Waals surface area contributed by atoms with Crippen molar-refractivity contribution in [2.75, 3.05) is 11.4 Å². The second-order valence-electron chi connectivity index (χ2n) is 8.25. The summed E-state index contributed by atoms with van der Waals surface area (Å²) in [5.41, 5.74) is 1.44. The number of anilines is 2. The molecule has 0 fully saturated rings. The Kier molecular flexibility index (Phi) is 4.89. The van der Waals surface area contributed by atoms with E-state index in [1.807, 2.05) is 33.7 Å². The molecule has 32 heavy (non-hydrogen) atoms. The molecule has 0 spiro atoms. The van der Waals surface area contributed by atoms with E-state index in [4.69, 9.17) is 16.6 Å². The van der Waals surface area contributed by atoms with Crippen LogP contribution in [-0.2, 0) is 20.1 Å². The van der Waals surface area contributed by atoms with Gasteiger partial charge in [-0.25, -0.2) is 9.18 Å². The van der Waals surface area contributed by atoms with Crippen LogP contribution in [0.5, 0.6) is 0 Å². The maximum Gasteiger partial charge on any atom is 0.332 e. The number of hydrogen-bond acceptors (Lipinski definition) is 4. The normalized spacial score (nSPS) is 15.9. The first-order valence-corrected chi connectivity index (χ1v) is 10.7. The molecule has 1 aliphatic heterocycles. The van der Waals surface area contributed by atoms with Crippen molar-refractivity contribution in [1.82, 2.24) is 18.7 Å². The Morgan fingerprint density at radius 2 is 1.75 bits per heavy atom. The number of imidazole rings is 1. The third-order valence-electron chi connectivity index (χ3n) is 5.83. The minimum atomic E-state index is -0.464. The predicted molar refractivity (Wildman–Crippen MR) is 122 cm³/mol. The van der Waals surface area contributed by atoms with Crippen LogP contribution in [0, 0.1) is 11.7 Å². The molecule has 0 aliphatic carbocycles. The number of hydrogen-bond donors (Lipinski definition) is 0. The molecule has 0 saturated carbocycles. The van der Waals surface area contributed by atoms with Crippen LogP contribution in [0.4, 0.5) is 16.0 Å². The molecule has 1 atom stereocenters. The van der Waals surface area contributed by atoms with Crippen molar-refractivity contribution >= 4 is 34.4 Å². The quantitative estimate of drug-likeness (QED) is 0.476. The van der Waals surface area contributed by atoms with Crippen LogP contribution in [0.2, 0.25) is 5.02 Å². The van der Waals surface area contributed by atoms with Crippen molar-refractivity contribution in [3.63, 3.8) is 0 Å². The van der Waals surface area contributed by atoms with Crippen molar-refractivity contribution < 1.29 is 4.39 Å². The van der Waals surface area contributed by atoms with Crippen molar-refractivity contribution in [3.05, 3.63) is 85.8 Å². The van der Waals surface area contributed by atoms with E-state index in [9.17, 15) is 14.0 Å². The largest absolute Gasteiger partial charge is 0.332 e. The molecule has 0 saturated heterocycles. The van der Waals surface area contributed by atoms with E-state index < -0.39 is 11.2 Å². The van der Waals surface area contributed by atoms with E-state index in [0.717, 1.165) is 12.2 Å². The van der Waals surface area contributed by atoms with Gasteiger partial charge in [0.2, 0.25) is 5.95 Å². The number of aromatic nitrogens is 4. The highest BCUT2D eigenvalue weighted by Gasteiger charge is 2.29. The van der Waals surface area contributed by atoms with Gasteiger partial charge in [0.05, 0.1) is 6.54 Å². The van der Waals surface area contributed by atoms with E-state index in [1.165, 1.54) is 21.3 Å². The molecule has 5 rings (SSSR count). The summed E-state index contributed by atoms with van der Waals surface area (Å²) in [4.78, 5) is 33.2. The lowest BCUT2D eigenvalue weighted by Gasteiger charge is -2.33. The van der Waals surface area contributed by atoms with E-state index in [2.05, 4.69) is 6.92 Å². The lowest BCUT2D eigenvalue weighted by Crippen LogP contribution is -2.40. The molecule has 0 N–H and O–H groups in total. The van der Waals surface area contributed by atoms with Gasteiger partial charge in [0.1, 0.15) is 5.82 Å². The highest BCUT2D eigenvalue weighted by molar-refractivity contribution is 6.30. The molecular formula is C23H21ClFN5O2. The molecule has 2 aromatic carbocycles. The number of rotatable bonds is 3. The van der Waals surface area contributed by atoms with Crippen LogP contribution in [0.1, 0.15) is 12.5 Å². The average molecular weight is 454 g/mol. The Morgan fingerprint density at radius 3 is 2.44 bits per heavy atom. The van der Waals surface area contributed by atoms with Crippen molar-refractivity contribution in [3.8, 4) is 0 Å². The first kappa shape index (κ1) is 20.5. The minimum Gasteiger partial charge on any atom is -0.312 e. The molecule has 0 unspecified atom stereocenters. The molecule has 0 radical (unpaired) electrons. The second-order valence-corrected chi connectivity index (χ2v) is 8.68. The maximum absolute atomic E-state index is 13.5. The minimum absolute atomic E-state index is 0.0543. The Hall–Kier alpha value is -3.39. The smallest absolute Gasteiger partial charge is 0.312 e. The zero-order valence-electron chi connectivity index (χ0n) is 17.6. The first-order chi connectivity index (χ1) is 15.3. The number of aryl methyl sites for hydroxylation is 1. The summed E-state index contributed by atoms with van der Waals surface area (Å²) >= 11 is 6.05. The second kappa shape index (κ2) is 7.63. The zero-order valence-corrected chi connectivity index (χ0v) is 18.4. The van der Waals surface area contributed by atoms with Crippen molar-refractivity contribution in [2.24, 2.45) is 13.0 Å². The third kappa shape index (κ3) is 3.31. The fraction of sp³-hybridized carbons (Fsp3) is 0.261. The molecule has 9 heteroatoms. The fourth-order valence-electron chi connectivity index (χ4n) is 4.26. The van der Waals surface area contributed by atoms with Gasteiger partial charge in [-0.1, -0.05) is 30.7 Å². The SMILES string of the molecule is C[C@@H]1CN(c2ccc(Cl)cc2)c2nc3c(c(=O)n(Cc4ccc(F)cc4)c(=O)n3C)n2C1. The van der Waals surface area contributed by atoms with Gasteiger partial charge in [-0.2, -0.15) is 4.98 Å². The molecule has 7 nitrogen and oxygen atoms in total. The van der Waals surface area contributed by atoms with Gasteiger partial charge >= 0.3 is 5.69 Å². The van der Waals surface area contributed by atoms with E-state index in [0.29, 0.717) is 34.2 Å². The standard InChI is InChI=1S/C23H21ClFN5O2/c1-14-11-28(18-9-5-16(24)6-10-18)22-26-20-19(29(22)12-14)21(31)30(23(32)27(20)2)13-15-3-7-17(25)8-4-15/h3-10,14H,11-13H2,1-2H3/t14-/m1/s1. The topological polar surface area (TPSA) is 65.1 Å².